The van der Waals surface area contributed by atoms with E-state index in [1.807, 2.05) is 6.92 Å². The Morgan fingerprint density at radius 3 is 2.50 bits per heavy atom. The van der Waals surface area contributed by atoms with Crippen molar-refractivity contribution < 1.29 is 9.53 Å². The van der Waals surface area contributed by atoms with Crippen LogP contribution in [0.5, 0.6) is 0 Å². The van der Waals surface area contributed by atoms with Crippen molar-refractivity contribution >= 4 is 5.97 Å². The van der Waals surface area contributed by atoms with E-state index < -0.39 is 0 Å². The second kappa shape index (κ2) is 4.84. The molecule has 3 rings (SSSR count). The van der Waals surface area contributed by atoms with Gasteiger partial charge < -0.3 is 4.74 Å². The van der Waals surface area contributed by atoms with Gasteiger partial charge in [0.1, 0.15) is 0 Å². The Morgan fingerprint density at radius 2 is 1.89 bits per heavy atom. The normalized spacial score (nSPS) is 38.4. The molecule has 0 aromatic heterocycles. The second-order valence-corrected chi connectivity index (χ2v) is 6.16. The molecule has 0 N–H and O–H groups in total. The molecule has 0 aliphatic heterocycles. The summed E-state index contributed by atoms with van der Waals surface area (Å²) in [5, 5.41) is 0. The predicted octanol–water partition coefficient (Wildman–Crippen LogP) is 2.45. The molecule has 3 aliphatic carbocycles. The van der Waals surface area contributed by atoms with Gasteiger partial charge in [-0.3, -0.25) is 9.69 Å². The number of ether oxygens (including phenoxy) is 1. The highest BCUT2D eigenvalue weighted by Gasteiger charge is 2.55. The summed E-state index contributed by atoms with van der Waals surface area (Å²) in [4.78, 5) is 14.9. The molecule has 0 radical (unpaired) electrons. The van der Waals surface area contributed by atoms with E-state index in [0.717, 1.165) is 18.5 Å². The summed E-state index contributed by atoms with van der Waals surface area (Å²) >= 11 is 0. The fraction of sp³-hybridized carbons (Fsp3) is 0.933. The first kappa shape index (κ1) is 12.5. The van der Waals surface area contributed by atoms with Crippen LogP contribution in [-0.2, 0) is 9.53 Å². The zero-order valence-electron chi connectivity index (χ0n) is 11.6. The van der Waals surface area contributed by atoms with E-state index in [1.54, 1.807) is 0 Å². The van der Waals surface area contributed by atoms with E-state index in [1.165, 1.54) is 32.1 Å². The van der Waals surface area contributed by atoms with Crippen LogP contribution in [0.2, 0.25) is 0 Å². The van der Waals surface area contributed by atoms with Gasteiger partial charge in [0.2, 0.25) is 0 Å². The minimum absolute atomic E-state index is 0.0776. The predicted molar refractivity (Wildman–Crippen MR) is 70.1 cm³/mol. The van der Waals surface area contributed by atoms with Gasteiger partial charge in [-0.15, -0.1) is 0 Å². The highest BCUT2D eigenvalue weighted by Crippen LogP contribution is 2.52. The lowest BCUT2D eigenvalue weighted by molar-refractivity contribution is -0.152. The molecule has 0 aromatic rings. The Morgan fingerprint density at radius 1 is 1.17 bits per heavy atom. The van der Waals surface area contributed by atoms with Crippen LogP contribution in [0, 0.1) is 17.8 Å². The third kappa shape index (κ3) is 1.97. The lowest BCUT2D eigenvalue weighted by atomic mass is 9.83. The molecular weight excluding hydrogens is 226 g/mol. The Hall–Kier alpha value is -0.570. The lowest BCUT2D eigenvalue weighted by Crippen LogP contribution is -2.48. The number of fused-ring (bicyclic) bond motifs is 2. The van der Waals surface area contributed by atoms with Gasteiger partial charge in [0.25, 0.3) is 0 Å². The van der Waals surface area contributed by atoms with E-state index in [4.69, 9.17) is 4.74 Å². The summed E-state index contributed by atoms with van der Waals surface area (Å²) in [7, 11) is 0. The topological polar surface area (TPSA) is 29.5 Å². The molecule has 2 bridgehead atoms. The molecule has 0 amide bonds. The maximum atomic E-state index is 12.3. The molecule has 3 heteroatoms. The first-order valence-corrected chi connectivity index (χ1v) is 7.68. The van der Waals surface area contributed by atoms with Gasteiger partial charge in [-0.05, 0) is 57.4 Å². The number of nitrogens with zero attached hydrogens (tertiary/aromatic N) is 1. The zero-order valence-corrected chi connectivity index (χ0v) is 11.6. The van der Waals surface area contributed by atoms with Crippen molar-refractivity contribution in [2.45, 2.75) is 58.0 Å². The molecule has 4 atom stereocenters. The van der Waals surface area contributed by atoms with Crippen molar-refractivity contribution in [2.24, 2.45) is 17.8 Å². The molecule has 0 aromatic carbocycles. The van der Waals surface area contributed by atoms with Crippen molar-refractivity contribution in [1.82, 2.24) is 4.90 Å². The van der Waals surface area contributed by atoms with Crippen LogP contribution in [-0.4, -0.2) is 36.1 Å². The summed E-state index contributed by atoms with van der Waals surface area (Å²) in [6.45, 7) is 5.77. The summed E-state index contributed by atoms with van der Waals surface area (Å²) in [5.41, 5.74) is 0. The van der Waals surface area contributed by atoms with Crippen molar-refractivity contribution in [2.75, 3.05) is 13.2 Å². The molecule has 18 heavy (non-hydrogen) atoms. The first-order chi connectivity index (χ1) is 8.76. The van der Waals surface area contributed by atoms with Crippen LogP contribution in [0.3, 0.4) is 0 Å². The maximum Gasteiger partial charge on any atom is 0.310 e. The van der Waals surface area contributed by atoms with Gasteiger partial charge in [-0.2, -0.15) is 0 Å². The molecule has 3 aliphatic rings. The van der Waals surface area contributed by atoms with Gasteiger partial charge in [0.05, 0.1) is 12.5 Å². The number of esters is 1. The van der Waals surface area contributed by atoms with Gasteiger partial charge in [0, 0.05) is 12.1 Å². The third-order valence-corrected chi connectivity index (χ3v) is 5.20. The highest BCUT2D eigenvalue weighted by molar-refractivity contribution is 5.74. The molecule has 4 unspecified atom stereocenters. The Balaban J connectivity index is 1.78. The number of carbonyl (C=O) groups is 1. The van der Waals surface area contributed by atoms with Crippen LogP contribution in [0.4, 0.5) is 0 Å². The Kier molecular flexibility index (Phi) is 3.35. The molecule has 3 fully saturated rings. The monoisotopic (exact) mass is 251 g/mol. The van der Waals surface area contributed by atoms with Gasteiger partial charge in [0.15, 0.2) is 0 Å². The Labute approximate surface area is 110 Å². The second-order valence-electron chi connectivity index (χ2n) is 6.16. The fourth-order valence-corrected chi connectivity index (χ4v) is 4.43. The third-order valence-electron chi connectivity index (χ3n) is 5.20. The number of hydrogen-bond acceptors (Lipinski definition) is 3. The van der Waals surface area contributed by atoms with E-state index in [9.17, 15) is 4.79 Å². The average Bonchev–Trinajstić information content (AvgIpc) is 2.99. The first-order valence-electron chi connectivity index (χ1n) is 7.68. The summed E-state index contributed by atoms with van der Waals surface area (Å²) in [6, 6.07) is 1.25. The van der Waals surface area contributed by atoms with Crippen molar-refractivity contribution in [1.29, 1.82) is 0 Å². The molecule has 0 heterocycles. The molecule has 3 nitrogen and oxygen atoms in total. The Bertz CT molecular complexity index is 326. The van der Waals surface area contributed by atoms with Crippen molar-refractivity contribution in [3.05, 3.63) is 0 Å². The largest absolute Gasteiger partial charge is 0.466 e. The van der Waals surface area contributed by atoms with E-state index in [0.29, 0.717) is 18.6 Å². The number of carbonyl (C=O) groups excluding carboxylic acids is 1. The molecule has 102 valence electrons. The van der Waals surface area contributed by atoms with E-state index >= 15 is 0 Å². The summed E-state index contributed by atoms with van der Waals surface area (Å²) in [5.74, 6) is 1.61. The minimum Gasteiger partial charge on any atom is -0.466 e. The van der Waals surface area contributed by atoms with Crippen LogP contribution in [0.25, 0.3) is 0 Å². The van der Waals surface area contributed by atoms with Gasteiger partial charge in [-0.25, -0.2) is 0 Å². The van der Waals surface area contributed by atoms with E-state index in [2.05, 4.69) is 11.8 Å². The highest BCUT2D eigenvalue weighted by atomic mass is 16.5. The number of rotatable bonds is 5. The molecule has 0 saturated heterocycles. The lowest BCUT2D eigenvalue weighted by Gasteiger charge is -2.38. The smallest absolute Gasteiger partial charge is 0.310 e. The van der Waals surface area contributed by atoms with Crippen LogP contribution < -0.4 is 0 Å². The van der Waals surface area contributed by atoms with Crippen LogP contribution in [0.1, 0.15) is 46.0 Å². The molecule has 3 saturated carbocycles. The maximum absolute atomic E-state index is 12.3. The SMILES string of the molecule is CCOC(=O)C1C2CCC(C2)C1N(CC)C1CC1. The molecule has 0 spiro atoms. The van der Waals surface area contributed by atoms with Crippen molar-refractivity contribution in [3.63, 3.8) is 0 Å². The summed E-state index contributed by atoms with van der Waals surface area (Å²) < 4.78 is 5.34. The zero-order chi connectivity index (χ0) is 12.7. The fourth-order valence-electron chi connectivity index (χ4n) is 4.43. The minimum atomic E-state index is 0.0776. The van der Waals surface area contributed by atoms with Gasteiger partial charge >= 0.3 is 5.97 Å². The van der Waals surface area contributed by atoms with E-state index in [-0.39, 0.29) is 11.9 Å². The quantitative estimate of drug-likeness (QED) is 0.703. The van der Waals surface area contributed by atoms with Gasteiger partial charge in [-0.1, -0.05) is 6.92 Å². The standard InChI is InChI=1S/C15H25NO2/c1-3-16(12-7-8-12)14-11-6-5-10(9-11)13(14)15(17)18-4-2/h10-14H,3-9H2,1-2H3. The van der Waals surface area contributed by atoms with Crippen LogP contribution in [0.15, 0.2) is 0 Å². The molecular formula is C15H25NO2. The van der Waals surface area contributed by atoms with Crippen molar-refractivity contribution in [3.8, 4) is 0 Å². The number of hydrogen-bond donors (Lipinski definition) is 0. The average molecular weight is 251 g/mol. The summed E-state index contributed by atoms with van der Waals surface area (Å²) in [6.07, 6.45) is 6.49. The van der Waals surface area contributed by atoms with Crippen LogP contribution >= 0.6 is 0 Å².